The normalized spacial score (nSPS) is 17.5. The van der Waals surface area contributed by atoms with Crippen LogP contribution in [-0.4, -0.2) is 14.6 Å². The fourth-order valence-electron chi connectivity index (χ4n) is 2.79. The number of hydrogen-bond donors (Lipinski definition) is 1. The van der Waals surface area contributed by atoms with Crippen molar-refractivity contribution in [3.05, 3.63) is 62.4 Å². The molecule has 0 fully saturated rings. The lowest BCUT2D eigenvalue weighted by Gasteiger charge is -2.16. The van der Waals surface area contributed by atoms with Crippen LogP contribution in [0.3, 0.4) is 0 Å². The Bertz CT molecular complexity index is 696. The van der Waals surface area contributed by atoms with Crippen LogP contribution in [0.1, 0.15) is 35.6 Å². The second-order valence-corrected chi connectivity index (χ2v) is 5.76. The lowest BCUT2D eigenvalue weighted by molar-refractivity contribution is -0.384. The van der Waals surface area contributed by atoms with Crippen LogP contribution in [0.25, 0.3) is 0 Å². The zero-order valence-electron chi connectivity index (χ0n) is 11.3. The predicted molar refractivity (Wildman–Crippen MR) is 79.5 cm³/mol. The smallest absolute Gasteiger partial charge is 0.270 e. The van der Waals surface area contributed by atoms with Crippen molar-refractivity contribution in [2.45, 2.75) is 31.9 Å². The number of aliphatic hydroxyl groups is 1. The van der Waals surface area contributed by atoms with Crippen molar-refractivity contribution >= 4 is 17.3 Å². The largest absolute Gasteiger partial charge is 0.388 e. The predicted octanol–water partition coefficient (Wildman–Crippen LogP) is 3.47. The number of rotatable bonds is 3. The average Bonchev–Trinajstić information content (AvgIpc) is 2.85. The van der Waals surface area contributed by atoms with Crippen molar-refractivity contribution in [2.24, 2.45) is 0 Å². The van der Waals surface area contributed by atoms with E-state index in [0.29, 0.717) is 11.6 Å². The fraction of sp³-hybridized carbons (Fsp3) is 0.333. The summed E-state index contributed by atoms with van der Waals surface area (Å²) in [4.78, 5) is 10.2. The lowest BCUT2D eigenvalue weighted by Crippen LogP contribution is -2.05. The van der Waals surface area contributed by atoms with Gasteiger partial charge in [-0.25, -0.2) is 0 Å². The minimum absolute atomic E-state index is 0.00836. The van der Waals surface area contributed by atoms with Crippen molar-refractivity contribution in [1.82, 2.24) is 4.57 Å². The van der Waals surface area contributed by atoms with Crippen LogP contribution >= 0.6 is 11.6 Å². The van der Waals surface area contributed by atoms with Gasteiger partial charge in [0.25, 0.3) is 5.69 Å². The Hall–Kier alpha value is -1.85. The monoisotopic (exact) mass is 306 g/mol. The number of fused-ring (bicyclic) bond motifs is 1. The first kappa shape index (κ1) is 14.1. The Morgan fingerprint density at radius 3 is 2.90 bits per heavy atom. The molecule has 21 heavy (non-hydrogen) atoms. The van der Waals surface area contributed by atoms with Gasteiger partial charge in [0.2, 0.25) is 0 Å². The summed E-state index contributed by atoms with van der Waals surface area (Å²) in [5.74, 6) is 0. The second kappa shape index (κ2) is 5.50. The summed E-state index contributed by atoms with van der Waals surface area (Å²) in [7, 11) is 0. The van der Waals surface area contributed by atoms with E-state index < -0.39 is 4.92 Å². The lowest BCUT2D eigenvalue weighted by atomic mass is 9.93. The molecule has 0 spiro atoms. The maximum Gasteiger partial charge on any atom is 0.270 e. The second-order valence-electron chi connectivity index (χ2n) is 5.35. The molecule has 1 N–H and O–H groups in total. The maximum absolute atomic E-state index is 10.7. The number of aryl methyl sites for hydroxylation is 1. The van der Waals surface area contributed by atoms with E-state index in [4.69, 9.17) is 11.6 Å². The SMILES string of the molecule is O=[N+]([O-])c1ccc(Cn2cc3c(c2)C(O)CCC3)c(Cl)c1. The van der Waals surface area contributed by atoms with Gasteiger partial charge in [-0.3, -0.25) is 10.1 Å². The molecule has 6 heteroatoms. The topological polar surface area (TPSA) is 68.3 Å². The molecule has 0 amide bonds. The van der Waals surface area contributed by atoms with E-state index in [1.54, 1.807) is 6.07 Å². The molecular weight excluding hydrogens is 292 g/mol. The summed E-state index contributed by atoms with van der Waals surface area (Å²) in [6.07, 6.45) is 6.35. The third kappa shape index (κ3) is 2.80. The van der Waals surface area contributed by atoms with Gasteiger partial charge in [-0.2, -0.15) is 0 Å². The van der Waals surface area contributed by atoms with Crippen molar-refractivity contribution in [3.63, 3.8) is 0 Å². The van der Waals surface area contributed by atoms with Crippen LogP contribution in [0.2, 0.25) is 5.02 Å². The Balaban J connectivity index is 1.85. The molecule has 1 heterocycles. The molecule has 1 aliphatic carbocycles. The molecule has 0 bridgehead atoms. The number of aromatic nitrogens is 1. The molecular formula is C15H15ClN2O3. The van der Waals surface area contributed by atoms with Crippen molar-refractivity contribution < 1.29 is 10.0 Å². The maximum atomic E-state index is 10.7. The van der Waals surface area contributed by atoms with Crippen LogP contribution in [0.15, 0.2) is 30.6 Å². The van der Waals surface area contributed by atoms with Crippen molar-refractivity contribution in [2.75, 3.05) is 0 Å². The first-order valence-corrected chi connectivity index (χ1v) is 7.22. The highest BCUT2D eigenvalue weighted by Crippen LogP contribution is 2.31. The highest BCUT2D eigenvalue weighted by molar-refractivity contribution is 6.31. The van der Waals surface area contributed by atoms with E-state index in [2.05, 4.69) is 0 Å². The zero-order valence-corrected chi connectivity index (χ0v) is 12.1. The molecule has 3 rings (SSSR count). The van der Waals surface area contributed by atoms with E-state index in [1.807, 2.05) is 17.0 Å². The van der Waals surface area contributed by atoms with Gasteiger partial charge in [0.15, 0.2) is 0 Å². The third-order valence-corrected chi connectivity index (χ3v) is 4.23. The molecule has 1 aromatic carbocycles. The molecule has 1 aliphatic rings. The van der Waals surface area contributed by atoms with Crippen LogP contribution in [0.5, 0.6) is 0 Å². The molecule has 1 aromatic heterocycles. The Morgan fingerprint density at radius 1 is 1.43 bits per heavy atom. The van der Waals surface area contributed by atoms with Gasteiger partial charge in [0, 0.05) is 36.6 Å². The number of aliphatic hydroxyl groups excluding tert-OH is 1. The Kier molecular flexibility index (Phi) is 3.69. The minimum atomic E-state index is -0.458. The molecule has 2 aromatic rings. The summed E-state index contributed by atoms with van der Waals surface area (Å²) < 4.78 is 1.98. The molecule has 0 saturated carbocycles. The van der Waals surface area contributed by atoms with Crippen molar-refractivity contribution in [3.8, 4) is 0 Å². The minimum Gasteiger partial charge on any atom is -0.388 e. The number of halogens is 1. The summed E-state index contributed by atoms with van der Waals surface area (Å²) in [5.41, 5.74) is 2.97. The summed E-state index contributed by atoms with van der Waals surface area (Å²) in [6.45, 7) is 0.538. The first-order chi connectivity index (χ1) is 10.0. The highest BCUT2D eigenvalue weighted by Gasteiger charge is 2.20. The van der Waals surface area contributed by atoms with Crippen molar-refractivity contribution in [1.29, 1.82) is 0 Å². The van der Waals surface area contributed by atoms with E-state index in [1.165, 1.54) is 17.7 Å². The molecule has 0 radical (unpaired) electrons. The molecule has 1 atom stereocenters. The first-order valence-electron chi connectivity index (χ1n) is 6.84. The Labute approximate surface area is 126 Å². The number of nitrogens with zero attached hydrogens (tertiary/aromatic N) is 2. The molecule has 1 unspecified atom stereocenters. The standard InChI is InChI=1S/C15H15ClN2O3/c16-14-6-12(18(20)21)5-4-11(14)8-17-7-10-2-1-3-15(19)13(10)9-17/h4-7,9,15,19H,1-3,8H2. The highest BCUT2D eigenvalue weighted by atomic mass is 35.5. The van der Waals surface area contributed by atoms with Gasteiger partial charge in [-0.05, 0) is 36.5 Å². The van der Waals surface area contributed by atoms with Crippen LogP contribution in [0.4, 0.5) is 5.69 Å². The van der Waals surface area contributed by atoms with E-state index >= 15 is 0 Å². The van der Waals surface area contributed by atoms with Crippen LogP contribution in [-0.2, 0) is 13.0 Å². The zero-order chi connectivity index (χ0) is 15.0. The van der Waals surface area contributed by atoms with Gasteiger partial charge in [0.05, 0.1) is 16.0 Å². The summed E-state index contributed by atoms with van der Waals surface area (Å²) >= 11 is 6.11. The third-order valence-electron chi connectivity index (χ3n) is 3.88. The molecule has 110 valence electrons. The number of hydrogen-bond acceptors (Lipinski definition) is 3. The molecule has 5 nitrogen and oxygen atoms in total. The van der Waals surface area contributed by atoms with Gasteiger partial charge in [0.1, 0.15) is 0 Å². The van der Waals surface area contributed by atoms with Gasteiger partial charge >= 0.3 is 0 Å². The van der Waals surface area contributed by atoms with E-state index in [0.717, 1.165) is 30.4 Å². The van der Waals surface area contributed by atoms with Crippen LogP contribution in [0, 0.1) is 10.1 Å². The van der Waals surface area contributed by atoms with Gasteiger partial charge in [-0.15, -0.1) is 0 Å². The quantitative estimate of drug-likeness (QED) is 0.697. The number of benzene rings is 1. The Morgan fingerprint density at radius 2 is 2.24 bits per heavy atom. The molecule has 0 aliphatic heterocycles. The average molecular weight is 307 g/mol. The van der Waals surface area contributed by atoms with Crippen LogP contribution < -0.4 is 0 Å². The van der Waals surface area contributed by atoms with E-state index in [9.17, 15) is 15.2 Å². The number of nitro groups is 1. The fourth-order valence-corrected chi connectivity index (χ4v) is 3.02. The summed E-state index contributed by atoms with van der Waals surface area (Å²) in [5, 5.41) is 21.1. The van der Waals surface area contributed by atoms with E-state index in [-0.39, 0.29) is 11.8 Å². The van der Waals surface area contributed by atoms with Gasteiger partial charge < -0.3 is 9.67 Å². The summed E-state index contributed by atoms with van der Waals surface area (Å²) in [6, 6.07) is 4.50. The van der Waals surface area contributed by atoms with Gasteiger partial charge in [-0.1, -0.05) is 11.6 Å². The number of nitro benzene ring substituents is 1. The number of non-ortho nitro benzene ring substituents is 1. The molecule has 0 saturated heterocycles.